The summed E-state index contributed by atoms with van der Waals surface area (Å²) in [5.74, 6) is -0.189. The Balaban J connectivity index is 2.07. The Hall–Kier alpha value is -1.20. The largest absolute Gasteiger partial charge is 0.306 e. The number of hydrogen-bond acceptors (Lipinski definition) is 2. The zero-order valence-corrected chi connectivity index (χ0v) is 12.8. The predicted octanol–water partition coefficient (Wildman–Crippen LogP) is 3.48. The molecule has 5 heteroatoms. The van der Waals surface area contributed by atoms with E-state index in [0.717, 1.165) is 15.7 Å². The maximum Gasteiger partial charge on any atom is 0.128 e. The van der Waals surface area contributed by atoms with Crippen LogP contribution in [-0.2, 0) is 13.6 Å². The number of halogens is 2. The number of aromatic nitrogens is 2. The van der Waals surface area contributed by atoms with E-state index in [1.54, 1.807) is 10.7 Å². The molecule has 0 saturated heterocycles. The quantitative estimate of drug-likeness (QED) is 0.932. The van der Waals surface area contributed by atoms with E-state index in [1.165, 1.54) is 6.07 Å². The molecule has 0 bridgehead atoms. The van der Waals surface area contributed by atoms with Crippen LogP contribution in [0.15, 0.2) is 28.9 Å². The minimum atomic E-state index is -0.189. The van der Waals surface area contributed by atoms with Crippen molar-refractivity contribution in [2.75, 3.05) is 0 Å². The summed E-state index contributed by atoms with van der Waals surface area (Å²) in [4.78, 5) is 0. The minimum Gasteiger partial charge on any atom is -0.306 e. The first kappa shape index (κ1) is 14.2. The van der Waals surface area contributed by atoms with Crippen LogP contribution in [0.1, 0.15) is 29.8 Å². The minimum absolute atomic E-state index is 0.0582. The lowest BCUT2D eigenvalue weighted by atomic mass is 10.1. The molecule has 0 aliphatic rings. The molecule has 19 heavy (non-hydrogen) atoms. The molecule has 2 aromatic rings. The van der Waals surface area contributed by atoms with Crippen molar-refractivity contribution in [2.24, 2.45) is 7.05 Å². The van der Waals surface area contributed by atoms with Gasteiger partial charge in [-0.25, -0.2) is 4.39 Å². The van der Waals surface area contributed by atoms with Crippen LogP contribution in [0.5, 0.6) is 0 Å². The number of nitrogens with zero attached hydrogens (tertiary/aromatic N) is 2. The SMILES string of the molecule is Cc1nn(C)cc1CNC(C)c1cc(Br)ccc1F. The fourth-order valence-electron chi connectivity index (χ4n) is 2.04. The normalized spacial score (nSPS) is 12.7. The molecule has 3 nitrogen and oxygen atoms in total. The van der Waals surface area contributed by atoms with Gasteiger partial charge in [0.05, 0.1) is 5.69 Å². The Bertz CT molecular complexity index is 580. The lowest BCUT2D eigenvalue weighted by Crippen LogP contribution is -2.19. The highest BCUT2D eigenvalue weighted by Gasteiger charge is 2.12. The third-order valence-corrected chi connectivity index (χ3v) is 3.63. The zero-order chi connectivity index (χ0) is 14.0. The van der Waals surface area contributed by atoms with Crippen LogP contribution in [0.25, 0.3) is 0 Å². The van der Waals surface area contributed by atoms with Crippen LogP contribution in [-0.4, -0.2) is 9.78 Å². The van der Waals surface area contributed by atoms with Gasteiger partial charge in [-0.05, 0) is 32.0 Å². The second-order valence-corrected chi connectivity index (χ2v) is 5.60. The van der Waals surface area contributed by atoms with Crippen molar-refractivity contribution < 1.29 is 4.39 Å². The van der Waals surface area contributed by atoms with Crippen molar-refractivity contribution in [2.45, 2.75) is 26.4 Å². The van der Waals surface area contributed by atoms with Gasteiger partial charge in [0, 0.05) is 41.4 Å². The van der Waals surface area contributed by atoms with Crippen LogP contribution in [0.3, 0.4) is 0 Å². The first-order valence-electron chi connectivity index (χ1n) is 6.15. The molecule has 1 heterocycles. The van der Waals surface area contributed by atoms with Crippen LogP contribution in [0, 0.1) is 12.7 Å². The smallest absolute Gasteiger partial charge is 0.128 e. The van der Waals surface area contributed by atoms with Gasteiger partial charge in [-0.3, -0.25) is 4.68 Å². The Morgan fingerprint density at radius 3 is 2.84 bits per heavy atom. The summed E-state index contributed by atoms with van der Waals surface area (Å²) >= 11 is 3.37. The van der Waals surface area contributed by atoms with Crippen LogP contribution in [0.2, 0.25) is 0 Å². The van der Waals surface area contributed by atoms with Crippen molar-refractivity contribution in [3.05, 3.63) is 51.5 Å². The van der Waals surface area contributed by atoms with E-state index >= 15 is 0 Å². The summed E-state index contributed by atoms with van der Waals surface area (Å²) in [6, 6.07) is 4.93. The average Bonchev–Trinajstić information content (AvgIpc) is 2.68. The van der Waals surface area contributed by atoms with Crippen LogP contribution < -0.4 is 5.32 Å². The lowest BCUT2D eigenvalue weighted by molar-refractivity contribution is 0.527. The number of hydrogen-bond donors (Lipinski definition) is 1. The van der Waals surface area contributed by atoms with E-state index in [-0.39, 0.29) is 11.9 Å². The second-order valence-electron chi connectivity index (χ2n) is 4.68. The topological polar surface area (TPSA) is 29.9 Å². The Labute approximate surface area is 121 Å². The molecule has 1 N–H and O–H groups in total. The van der Waals surface area contributed by atoms with Crippen molar-refractivity contribution in [3.63, 3.8) is 0 Å². The fourth-order valence-corrected chi connectivity index (χ4v) is 2.42. The first-order chi connectivity index (χ1) is 8.97. The van der Waals surface area contributed by atoms with Gasteiger partial charge in [-0.1, -0.05) is 15.9 Å². The van der Waals surface area contributed by atoms with E-state index in [4.69, 9.17) is 0 Å². The van der Waals surface area contributed by atoms with Gasteiger partial charge < -0.3 is 5.32 Å². The molecule has 0 fully saturated rings. The zero-order valence-electron chi connectivity index (χ0n) is 11.2. The summed E-state index contributed by atoms with van der Waals surface area (Å²) in [6.07, 6.45) is 1.98. The van der Waals surface area contributed by atoms with E-state index in [1.807, 2.05) is 33.2 Å². The average molecular weight is 326 g/mol. The molecule has 1 aromatic heterocycles. The molecule has 0 saturated carbocycles. The van der Waals surface area contributed by atoms with Gasteiger partial charge in [0.25, 0.3) is 0 Å². The predicted molar refractivity (Wildman–Crippen MR) is 77.3 cm³/mol. The second kappa shape index (κ2) is 5.84. The van der Waals surface area contributed by atoms with Crippen molar-refractivity contribution in [1.29, 1.82) is 0 Å². The highest BCUT2D eigenvalue weighted by molar-refractivity contribution is 9.10. The van der Waals surface area contributed by atoms with Crippen LogP contribution >= 0.6 is 15.9 Å². The Morgan fingerprint density at radius 1 is 1.47 bits per heavy atom. The number of nitrogens with one attached hydrogen (secondary N) is 1. The Morgan fingerprint density at radius 2 is 2.21 bits per heavy atom. The van der Waals surface area contributed by atoms with Crippen molar-refractivity contribution >= 4 is 15.9 Å². The molecule has 0 aliphatic heterocycles. The van der Waals surface area contributed by atoms with E-state index in [9.17, 15) is 4.39 Å². The number of aryl methyl sites for hydroxylation is 2. The van der Waals surface area contributed by atoms with E-state index < -0.39 is 0 Å². The van der Waals surface area contributed by atoms with Crippen LogP contribution in [0.4, 0.5) is 4.39 Å². The number of rotatable bonds is 4. The van der Waals surface area contributed by atoms with Crippen molar-refractivity contribution in [1.82, 2.24) is 15.1 Å². The molecular weight excluding hydrogens is 309 g/mol. The highest BCUT2D eigenvalue weighted by atomic mass is 79.9. The third-order valence-electron chi connectivity index (χ3n) is 3.14. The standard InChI is InChI=1S/C14H17BrFN3/c1-9-11(8-19(3)18-9)7-17-10(2)13-6-12(15)4-5-14(13)16/h4-6,8,10,17H,7H2,1-3H3. The van der Waals surface area contributed by atoms with Gasteiger partial charge in [0.15, 0.2) is 0 Å². The van der Waals surface area contributed by atoms with Gasteiger partial charge >= 0.3 is 0 Å². The Kier molecular flexibility index (Phi) is 4.37. The highest BCUT2D eigenvalue weighted by Crippen LogP contribution is 2.22. The van der Waals surface area contributed by atoms with Gasteiger partial charge in [0.2, 0.25) is 0 Å². The molecule has 2 rings (SSSR count). The molecule has 0 aliphatic carbocycles. The number of benzene rings is 1. The van der Waals surface area contributed by atoms with E-state index in [0.29, 0.717) is 12.1 Å². The molecule has 1 atom stereocenters. The van der Waals surface area contributed by atoms with Gasteiger partial charge in [-0.2, -0.15) is 5.10 Å². The summed E-state index contributed by atoms with van der Waals surface area (Å²) in [5, 5.41) is 7.61. The molecule has 1 unspecified atom stereocenters. The molecule has 0 amide bonds. The molecular formula is C14H17BrFN3. The maximum absolute atomic E-state index is 13.8. The van der Waals surface area contributed by atoms with E-state index in [2.05, 4.69) is 26.3 Å². The fraction of sp³-hybridized carbons (Fsp3) is 0.357. The summed E-state index contributed by atoms with van der Waals surface area (Å²) in [7, 11) is 1.90. The molecule has 102 valence electrons. The summed E-state index contributed by atoms with van der Waals surface area (Å²) < 4.78 is 16.4. The summed E-state index contributed by atoms with van der Waals surface area (Å²) in [5.41, 5.74) is 2.79. The maximum atomic E-state index is 13.8. The lowest BCUT2D eigenvalue weighted by Gasteiger charge is -2.15. The van der Waals surface area contributed by atoms with Crippen molar-refractivity contribution in [3.8, 4) is 0 Å². The molecule has 1 aromatic carbocycles. The first-order valence-corrected chi connectivity index (χ1v) is 6.94. The van der Waals surface area contributed by atoms with Gasteiger partial charge in [-0.15, -0.1) is 0 Å². The van der Waals surface area contributed by atoms with Gasteiger partial charge in [0.1, 0.15) is 5.82 Å². The third kappa shape index (κ3) is 3.42. The summed E-state index contributed by atoms with van der Waals surface area (Å²) in [6.45, 7) is 4.60. The monoisotopic (exact) mass is 325 g/mol. The molecule has 0 spiro atoms. The molecule has 0 radical (unpaired) electrons.